The quantitative estimate of drug-likeness (QED) is 0.785. The standard InChI is InChI=1S/C12H20N4O/c1-16-7-6-11(15-16)8-14-12(17)9-13-10-4-2-3-5-10/h6-7,10,13H,2-5,8-9H2,1H3,(H,14,17). The van der Waals surface area contributed by atoms with E-state index in [0.29, 0.717) is 19.1 Å². The highest BCUT2D eigenvalue weighted by atomic mass is 16.1. The predicted molar refractivity (Wildman–Crippen MR) is 65.3 cm³/mol. The summed E-state index contributed by atoms with van der Waals surface area (Å²) in [6.07, 6.45) is 6.85. The Labute approximate surface area is 102 Å². The maximum atomic E-state index is 11.6. The third kappa shape index (κ3) is 3.85. The van der Waals surface area contributed by atoms with Crippen molar-refractivity contribution in [2.75, 3.05) is 6.54 Å². The van der Waals surface area contributed by atoms with E-state index >= 15 is 0 Å². The highest BCUT2D eigenvalue weighted by Gasteiger charge is 2.15. The molecule has 2 N–H and O–H groups in total. The lowest BCUT2D eigenvalue weighted by atomic mass is 10.2. The average Bonchev–Trinajstić information content (AvgIpc) is 2.95. The van der Waals surface area contributed by atoms with Crippen molar-refractivity contribution < 1.29 is 4.79 Å². The van der Waals surface area contributed by atoms with Crippen LogP contribution in [-0.4, -0.2) is 28.3 Å². The van der Waals surface area contributed by atoms with Gasteiger partial charge in [-0.1, -0.05) is 12.8 Å². The molecule has 1 saturated carbocycles. The van der Waals surface area contributed by atoms with Gasteiger partial charge in [-0.25, -0.2) is 0 Å². The van der Waals surface area contributed by atoms with Crippen LogP contribution in [0.4, 0.5) is 0 Å². The summed E-state index contributed by atoms with van der Waals surface area (Å²) in [5.41, 5.74) is 0.890. The number of nitrogens with zero attached hydrogens (tertiary/aromatic N) is 2. The Morgan fingerprint density at radius 2 is 2.29 bits per heavy atom. The van der Waals surface area contributed by atoms with Gasteiger partial charge in [-0.05, 0) is 18.9 Å². The van der Waals surface area contributed by atoms with E-state index in [-0.39, 0.29) is 5.91 Å². The van der Waals surface area contributed by atoms with Crippen molar-refractivity contribution in [2.24, 2.45) is 7.05 Å². The number of hydrogen-bond acceptors (Lipinski definition) is 3. The first kappa shape index (κ1) is 12.1. The van der Waals surface area contributed by atoms with Crippen LogP contribution >= 0.6 is 0 Å². The number of carbonyl (C=O) groups excluding carboxylic acids is 1. The Kier molecular flexibility index (Phi) is 4.14. The summed E-state index contributed by atoms with van der Waals surface area (Å²) in [7, 11) is 1.87. The number of nitrogens with one attached hydrogen (secondary N) is 2. The van der Waals surface area contributed by atoms with Crippen LogP contribution in [0.3, 0.4) is 0 Å². The third-order valence-electron chi connectivity index (χ3n) is 3.14. The molecule has 0 atom stereocenters. The van der Waals surface area contributed by atoms with E-state index < -0.39 is 0 Å². The minimum Gasteiger partial charge on any atom is -0.349 e. The molecule has 1 fully saturated rings. The van der Waals surface area contributed by atoms with Gasteiger partial charge >= 0.3 is 0 Å². The lowest BCUT2D eigenvalue weighted by molar-refractivity contribution is -0.120. The third-order valence-corrected chi connectivity index (χ3v) is 3.14. The van der Waals surface area contributed by atoms with E-state index in [4.69, 9.17) is 0 Å². The average molecular weight is 236 g/mol. The smallest absolute Gasteiger partial charge is 0.234 e. The molecule has 1 aliphatic rings. The van der Waals surface area contributed by atoms with Crippen LogP contribution in [0.25, 0.3) is 0 Å². The van der Waals surface area contributed by atoms with Crippen LogP contribution in [0.2, 0.25) is 0 Å². The van der Waals surface area contributed by atoms with Gasteiger partial charge in [0.1, 0.15) is 0 Å². The van der Waals surface area contributed by atoms with Crippen LogP contribution in [0.5, 0.6) is 0 Å². The van der Waals surface area contributed by atoms with E-state index in [0.717, 1.165) is 5.69 Å². The fourth-order valence-corrected chi connectivity index (χ4v) is 2.18. The summed E-state index contributed by atoms with van der Waals surface area (Å²) >= 11 is 0. The first-order valence-electron chi connectivity index (χ1n) is 6.22. The molecule has 0 aromatic carbocycles. The maximum absolute atomic E-state index is 11.6. The second-order valence-corrected chi connectivity index (χ2v) is 4.62. The molecule has 0 spiro atoms. The Morgan fingerprint density at radius 3 is 2.94 bits per heavy atom. The number of rotatable bonds is 5. The van der Waals surface area contributed by atoms with Gasteiger partial charge in [0.05, 0.1) is 18.8 Å². The lowest BCUT2D eigenvalue weighted by Crippen LogP contribution is -2.37. The molecule has 1 heterocycles. The summed E-state index contributed by atoms with van der Waals surface area (Å²) in [6.45, 7) is 0.920. The summed E-state index contributed by atoms with van der Waals surface area (Å²) in [5.74, 6) is 0.0440. The monoisotopic (exact) mass is 236 g/mol. The molecule has 1 amide bonds. The Hall–Kier alpha value is -1.36. The lowest BCUT2D eigenvalue weighted by Gasteiger charge is -2.11. The first-order chi connectivity index (χ1) is 8.24. The molecule has 0 aliphatic heterocycles. The minimum atomic E-state index is 0.0440. The van der Waals surface area contributed by atoms with Crippen molar-refractivity contribution in [3.63, 3.8) is 0 Å². The number of aryl methyl sites for hydroxylation is 1. The van der Waals surface area contributed by atoms with Crippen LogP contribution in [0.1, 0.15) is 31.4 Å². The highest BCUT2D eigenvalue weighted by molar-refractivity contribution is 5.77. The molecule has 0 saturated heterocycles. The summed E-state index contributed by atoms with van der Waals surface area (Å²) in [4.78, 5) is 11.6. The molecule has 1 aliphatic carbocycles. The van der Waals surface area contributed by atoms with E-state index in [2.05, 4.69) is 15.7 Å². The molecule has 1 aromatic rings. The second kappa shape index (κ2) is 5.82. The molecule has 2 rings (SSSR count). The highest BCUT2D eigenvalue weighted by Crippen LogP contribution is 2.17. The molecule has 5 nitrogen and oxygen atoms in total. The molecular formula is C12H20N4O. The summed E-state index contributed by atoms with van der Waals surface area (Å²) < 4.78 is 1.73. The van der Waals surface area contributed by atoms with Crippen molar-refractivity contribution >= 4 is 5.91 Å². The van der Waals surface area contributed by atoms with Gasteiger partial charge in [0.25, 0.3) is 0 Å². The van der Waals surface area contributed by atoms with Crippen molar-refractivity contribution in [3.8, 4) is 0 Å². The maximum Gasteiger partial charge on any atom is 0.234 e. The summed E-state index contributed by atoms with van der Waals surface area (Å²) in [6, 6.07) is 2.45. The zero-order chi connectivity index (χ0) is 12.1. The molecule has 94 valence electrons. The van der Waals surface area contributed by atoms with Crippen LogP contribution < -0.4 is 10.6 Å². The number of carbonyl (C=O) groups is 1. The van der Waals surface area contributed by atoms with Crippen LogP contribution in [0, 0.1) is 0 Å². The van der Waals surface area contributed by atoms with Gasteiger partial charge in [-0.3, -0.25) is 9.48 Å². The Morgan fingerprint density at radius 1 is 1.53 bits per heavy atom. The SMILES string of the molecule is Cn1ccc(CNC(=O)CNC2CCCC2)n1. The van der Waals surface area contributed by atoms with E-state index in [9.17, 15) is 4.79 Å². The second-order valence-electron chi connectivity index (χ2n) is 4.62. The molecule has 17 heavy (non-hydrogen) atoms. The summed E-state index contributed by atoms with van der Waals surface area (Å²) in [5, 5.41) is 10.3. The Balaban J connectivity index is 1.63. The van der Waals surface area contributed by atoms with E-state index in [1.165, 1.54) is 25.7 Å². The molecule has 0 unspecified atom stereocenters. The zero-order valence-electron chi connectivity index (χ0n) is 10.3. The molecule has 1 aromatic heterocycles. The molecular weight excluding hydrogens is 216 g/mol. The normalized spacial score (nSPS) is 16.3. The number of amides is 1. The zero-order valence-corrected chi connectivity index (χ0v) is 10.3. The molecule has 0 bridgehead atoms. The number of aromatic nitrogens is 2. The Bertz CT molecular complexity index is 368. The van der Waals surface area contributed by atoms with Gasteiger partial charge in [-0.2, -0.15) is 5.10 Å². The van der Waals surface area contributed by atoms with Crippen molar-refractivity contribution in [1.82, 2.24) is 20.4 Å². The van der Waals surface area contributed by atoms with Gasteiger partial charge in [0.15, 0.2) is 0 Å². The van der Waals surface area contributed by atoms with Crippen molar-refractivity contribution in [2.45, 2.75) is 38.3 Å². The molecule has 5 heteroatoms. The van der Waals surface area contributed by atoms with Crippen molar-refractivity contribution in [1.29, 1.82) is 0 Å². The van der Waals surface area contributed by atoms with Gasteiger partial charge in [0.2, 0.25) is 5.91 Å². The van der Waals surface area contributed by atoms with Crippen LogP contribution in [0.15, 0.2) is 12.3 Å². The minimum absolute atomic E-state index is 0.0440. The largest absolute Gasteiger partial charge is 0.349 e. The van der Waals surface area contributed by atoms with E-state index in [1.807, 2.05) is 19.3 Å². The topological polar surface area (TPSA) is 59.0 Å². The predicted octanol–water partition coefficient (Wildman–Crippen LogP) is 0.568. The van der Waals surface area contributed by atoms with Gasteiger partial charge < -0.3 is 10.6 Å². The van der Waals surface area contributed by atoms with Gasteiger partial charge in [0, 0.05) is 19.3 Å². The fourth-order valence-electron chi connectivity index (χ4n) is 2.18. The van der Waals surface area contributed by atoms with Crippen molar-refractivity contribution in [3.05, 3.63) is 18.0 Å². The molecule has 0 radical (unpaired) electrons. The first-order valence-corrected chi connectivity index (χ1v) is 6.22. The van der Waals surface area contributed by atoms with Crippen LogP contribution in [-0.2, 0) is 18.4 Å². The number of hydrogen-bond donors (Lipinski definition) is 2. The van der Waals surface area contributed by atoms with Gasteiger partial charge in [-0.15, -0.1) is 0 Å². The van der Waals surface area contributed by atoms with E-state index in [1.54, 1.807) is 4.68 Å². The fraction of sp³-hybridized carbons (Fsp3) is 0.667.